The Morgan fingerprint density at radius 2 is 0.975 bits per heavy atom. The van der Waals surface area contributed by atoms with Crippen LogP contribution in [0.5, 0.6) is 23.3 Å². The second-order valence-electron chi connectivity index (χ2n) is 29.7. The van der Waals surface area contributed by atoms with Crippen molar-refractivity contribution in [2.24, 2.45) is 10.8 Å². The van der Waals surface area contributed by atoms with Gasteiger partial charge in [0.2, 0.25) is 23.7 Å². The van der Waals surface area contributed by atoms with Crippen molar-refractivity contribution in [2.75, 3.05) is 58.7 Å². The van der Waals surface area contributed by atoms with E-state index in [0.29, 0.717) is 34.4 Å². The summed E-state index contributed by atoms with van der Waals surface area (Å²) in [4.78, 5) is 51.9. The summed E-state index contributed by atoms with van der Waals surface area (Å²) in [5, 5.41) is 60.8. The summed E-state index contributed by atoms with van der Waals surface area (Å²) >= 11 is 6.01. The third-order valence-corrected chi connectivity index (χ3v) is 21.1. The molecular weight excluding hydrogens is 1750 g/mol. The standard InChI is InChI=1S/C30H39N6O9P.C18H23ClNO4P.C12H17N5O5.C8H19N.2CHF3O3S.Cu/c1-17(26(38)42-15-29(2,3)4)35-46(40,45-20-13-9-11-18-10-7-8-12-19(18)20)43-14-21-23(37)30(5,39)27(44-21)36-16-32-22-24(36)33-28(31)34-25(22)41-6;1-13(17(21)23-12-18(2,3)4)20-25(19,22)24-16-11-7-9-14-8-5-6-10-15(14)16;1-12(20)7(19)5(3-18)22-10(12)17-4-14-6-8(17)15-11(13)16-9(6)21-2;1-6-9(7(2)3)8(4)5;2*2-1(3,4)8(5,6)7;/h7-13,16-17,21,23,27,37,39H,14-15H2,1-6H3,(H,35,40)(H2,31,33,34);5-11,13H,12H2,1-4H3,(H,20,22);4-5,7,10,18-20H,3H2,1-2H3,(H2,13,15,16);7-8H,6H2,1-5H3;2*(H,5,6,7);/t17-,21?,23?,27?,30?,46?;13-,25?;;;;;/m00...../s1. The van der Waals surface area contributed by atoms with Crippen molar-refractivity contribution in [2.45, 2.75) is 187 Å². The van der Waals surface area contributed by atoms with Gasteiger partial charge < -0.3 is 74.5 Å². The molecule has 8 aromatic rings. The molecule has 2 saturated heterocycles. The molecule has 49 heteroatoms. The maximum atomic E-state index is 14.3. The van der Waals surface area contributed by atoms with Gasteiger partial charge >= 0.3 is 57.8 Å². The van der Waals surface area contributed by atoms with Crippen molar-refractivity contribution in [1.82, 2.24) is 54.1 Å². The number of aromatic nitrogens is 8. The smallest absolute Gasteiger partial charge is 0.479 e. The van der Waals surface area contributed by atoms with E-state index in [1.165, 1.54) is 63.7 Å². The van der Waals surface area contributed by atoms with Gasteiger partial charge in [0.15, 0.2) is 34.8 Å². The van der Waals surface area contributed by atoms with Crippen LogP contribution in [0.15, 0.2) is 97.6 Å². The molecule has 4 aromatic heterocycles. The van der Waals surface area contributed by atoms with E-state index in [1.807, 2.05) is 90.1 Å². The Morgan fingerprint density at radius 3 is 1.31 bits per heavy atom. The summed E-state index contributed by atoms with van der Waals surface area (Å²) in [6.07, 6.45) is -4.42. The van der Waals surface area contributed by atoms with E-state index in [2.05, 4.69) is 79.6 Å². The number of carbonyl (C=O) groups excluding carboxylic acids is 2. The Kier molecular flexibility index (Phi) is 36.7. The van der Waals surface area contributed by atoms with Crippen molar-refractivity contribution in [1.29, 1.82) is 0 Å². The van der Waals surface area contributed by atoms with Gasteiger partial charge in [0.05, 0.1) is 53.3 Å². The zero-order valence-electron chi connectivity index (χ0n) is 67.5. The van der Waals surface area contributed by atoms with E-state index < -0.39 is 131 Å². The fraction of sp³-hybridized carbons (Fsp3) is 0.543. The van der Waals surface area contributed by atoms with Crippen LogP contribution in [0.4, 0.5) is 38.2 Å². The second kappa shape index (κ2) is 42.0. The number of halogens is 7. The fourth-order valence-electron chi connectivity index (χ4n) is 11.0. The number of esters is 2. The first kappa shape index (κ1) is 104. The monoisotopic (exact) mass is 1840 g/mol. The van der Waals surface area contributed by atoms with Crippen LogP contribution in [0.3, 0.4) is 0 Å². The number of methoxy groups -OCH3 is 2. The number of nitrogens with two attached hydrogens (primary N) is 2. The minimum absolute atomic E-state index is 0. The molecule has 0 aliphatic carbocycles. The Labute approximate surface area is 697 Å². The number of aliphatic hydroxyl groups excluding tert-OH is 3. The predicted molar refractivity (Wildman–Crippen MR) is 421 cm³/mol. The van der Waals surface area contributed by atoms with Crippen LogP contribution in [0.1, 0.15) is 116 Å². The minimum atomic E-state index is -5.84. The number of hydrogen-bond donors (Lipinski definition) is 11. The van der Waals surface area contributed by atoms with E-state index >= 15 is 0 Å². The van der Waals surface area contributed by atoms with Crippen LogP contribution < -0.4 is 40.2 Å². The first-order valence-electron chi connectivity index (χ1n) is 35.6. The summed E-state index contributed by atoms with van der Waals surface area (Å²) in [5.41, 5.74) is -2.48. The van der Waals surface area contributed by atoms with Crippen LogP contribution in [0.2, 0.25) is 0 Å². The van der Waals surface area contributed by atoms with E-state index in [9.17, 15) is 70.6 Å². The molecule has 10 unspecified atom stereocenters. The SMILES string of the molecule is CCN(C(C)C)C(C)C.COc1nc(N)nc2c1ncn2C1OC(CO)C(O)C1(C)O.COc1nc(N)nc2c1ncn2C1OC(COP(=O)(N[C@@H](C)C(=O)OCC(C)(C)C)Oc2cccc3ccccc23)C(O)C1(C)O.C[C@H](NP(=O)(Cl)Oc1cccc2ccccc12)C(=O)OCC(C)(C)C.O=S(=O)(O)C(F)(F)F.O=S(=O)(O)C(F)(F)F.[Cu]. The molecule has 4 aromatic carbocycles. The van der Waals surface area contributed by atoms with Crippen LogP contribution in [0.25, 0.3) is 43.9 Å². The average Bonchev–Trinajstić information content (AvgIpc) is 1.60. The number of benzene rings is 4. The number of nitrogens with one attached hydrogen (secondary N) is 2. The Hall–Kier alpha value is -7.53. The fourth-order valence-corrected chi connectivity index (χ4v) is 14.2. The molecule has 671 valence electrons. The van der Waals surface area contributed by atoms with E-state index in [0.717, 1.165) is 22.7 Å². The molecule has 0 amide bonds. The molecule has 37 nitrogen and oxygen atoms in total. The summed E-state index contributed by atoms with van der Waals surface area (Å²) in [6.45, 7) is 25.4. The first-order chi connectivity index (χ1) is 54.2. The van der Waals surface area contributed by atoms with Crippen molar-refractivity contribution in [3.63, 3.8) is 0 Å². The van der Waals surface area contributed by atoms with Crippen molar-refractivity contribution >= 4 is 114 Å². The number of aliphatic hydroxyl groups is 5. The topological polar surface area (TPSA) is 528 Å². The van der Waals surface area contributed by atoms with Crippen molar-refractivity contribution in [3.05, 3.63) is 97.6 Å². The molecule has 12 atom stereocenters. The molecular formula is C70H100ClCuF6N13O24P2S2. The first-order valence-corrected chi connectivity index (χ1v) is 42.5. The molecule has 1 radical (unpaired) electrons. The second-order valence-corrected chi connectivity index (χ2v) is 37.0. The number of imidazole rings is 2. The van der Waals surface area contributed by atoms with Gasteiger partial charge in [-0.25, -0.2) is 24.2 Å². The number of fused-ring (bicyclic) bond motifs is 4. The summed E-state index contributed by atoms with van der Waals surface area (Å²) in [7, 11) is -13.2. The summed E-state index contributed by atoms with van der Waals surface area (Å²) in [6, 6.07) is 24.9. The molecule has 119 heavy (non-hydrogen) atoms. The third kappa shape index (κ3) is 28.8. The number of anilines is 2. The number of nitrogens with zero attached hydrogens (tertiary/aromatic N) is 9. The molecule has 0 bridgehead atoms. The Bertz CT molecular complexity index is 4990. The number of carbonyl (C=O) groups is 2. The number of hydrogen-bond acceptors (Lipinski definition) is 31. The van der Waals surface area contributed by atoms with Crippen LogP contribution >= 0.6 is 25.9 Å². The van der Waals surface area contributed by atoms with Crippen LogP contribution in [-0.4, -0.2) is 225 Å². The van der Waals surface area contributed by atoms with Gasteiger partial charge in [-0.15, -0.1) is 0 Å². The molecule has 0 saturated carbocycles. The summed E-state index contributed by atoms with van der Waals surface area (Å²) in [5.74, 6) is -0.385. The van der Waals surface area contributed by atoms with Gasteiger partial charge in [-0.3, -0.25) is 37.3 Å². The Morgan fingerprint density at radius 1 is 0.622 bits per heavy atom. The summed E-state index contributed by atoms with van der Waals surface area (Å²) < 4.78 is 195. The van der Waals surface area contributed by atoms with Gasteiger partial charge in [-0.2, -0.15) is 68.2 Å². The molecule has 0 spiro atoms. The van der Waals surface area contributed by atoms with Crippen molar-refractivity contribution < 1.29 is 156 Å². The maximum absolute atomic E-state index is 14.3. The van der Waals surface area contributed by atoms with E-state index in [1.54, 1.807) is 36.4 Å². The quantitative estimate of drug-likeness (QED) is 0.00708. The van der Waals surface area contributed by atoms with Gasteiger partial charge in [-0.05, 0) is 95.7 Å². The molecule has 10 rings (SSSR count). The number of ether oxygens (including phenoxy) is 6. The molecule has 6 heterocycles. The molecule has 2 aliphatic heterocycles. The largest absolute Gasteiger partial charge is 0.522 e. The third-order valence-electron chi connectivity index (χ3n) is 16.7. The van der Waals surface area contributed by atoms with Gasteiger partial charge in [0.25, 0.3) is 0 Å². The van der Waals surface area contributed by atoms with Crippen LogP contribution in [-0.2, 0) is 79.5 Å². The maximum Gasteiger partial charge on any atom is 0.522 e. The Balaban J connectivity index is 0.000000344. The minimum Gasteiger partial charge on any atom is -0.479 e. The van der Waals surface area contributed by atoms with Gasteiger partial charge in [-0.1, -0.05) is 121 Å². The number of alkyl halides is 6. The van der Waals surface area contributed by atoms with E-state index in [4.69, 9.17) is 90.6 Å². The van der Waals surface area contributed by atoms with Crippen LogP contribution in [0, 0.1) is 10.8 Å². The molecule has 2 aliphatic rings. The van der Waals surface area contributed by atoms with Gasteiger partial charge in [0.1, 0.15) is 59.2 Å². The molecule has 13 N–H and O–H groups in total. The predicted octanol–water partition coefficient (Wildman–Crippen LogP) is 9.81. The molecule has 2 fully saturated rings. The number of nitrogen functional groups attached to an aromatic ring is 2. The number of rotatable bonds is 23. The zero-order valence-corrected chi connectivity index (χ0v) is 72.6. The van der Waals surface area contributed by atoms with Crippen molar-refractivity contribution in [3.8, 4) is 23.3 Å². The van der Waals surface area contributed by atoms with Gasteiger partial charge in [0, 0.05) is 51.2 Å². The average molecular weight is 1850 g/mol. The normalized spacial score (nSPS) is 21.1. The van der Waals surface area contributed by atoms with E-state index in [-0.39, 0.29) is 81.7 Å². The zero-order chi connectivity index (χ0) is 89.6.